The molecule has 1 aliphatic heterocycles. The SMILES string of the molecule is Cc1cccc(NC(=O)C2CC(=O)N(CCc3ccc(F)cc3)C2)c1C. The topological polar surface area (TPSA) is 49.4 Å². The number of likely N-dealkylation sites (tertiary alicyclic amines) is 1. The fraction of sp³-hybridized carbons (Fsp3) is 0.333. The van der Waals surface area contributed by atoms with Gasteiger partial charge in [-0.05, 0) is 55.2 Å². The number of hydrogen-bond acceptors (Lipinski definition) is 2. The molecule has 2 aromatic rings. The van der Waals surface area contributed by atoms with Gasteiger partial charge in [0.1, 0.15) is 5.82 Å². The average molecular weight is 354 g/mol. The van der Waals surface area contributed by atoms with Crippen molar-refractivity contribution in [2.45, 2.75) is 26.7 Å². The summed E-state index contributed by atoms with van der Waals surface area (Å²) in [5, 5.41) is 2.95. The van der Waals surface area contributed by atoms with Gasteiger partial charge in [-0.3, -0.25) is 9.59 Å². The average Bonchev–Trinajstić information content (AvgIpc) is 2.99. The van der Waals surface area contributed by atoms with Crippen LogP contribution in [0, 0.1) is 25.6 Å². The molecule has 2 aromatic carbocycles. The van der Waals surface area contributed by atoms with Gasteiger partial charge in [-0.25, -0.2) is 4.39 Å². The number of rotatable bonds is 5. The highest BCUT2D eigenvalue weighted by Crippen LogP contribution is 2.23. The molecule has 1 atom stereocenters. The van der Waals surface area contributed by atoms with Crippen LogP contribution in [0.4, 0.5) is 10.1 Å². The van der Waals surface area contributed by atoms with Crippen LogP contribution in [0.5, 0.6) is 0 Å². The summed E-state index contributed by atoms with van der Waals surface area (Å²) in [6.45, 7) is 4.94. The molecule has 2 amide bonds. The number of amides is 2. The summed E-state index contributed by atoms with van der Waals surface area (Å²) in [4.78, 5) is 26.5. The maximum Gasteiger partial charge on any atom is 0.229 e. The number of aryl methyl sites for hydroxylation is 1. The van der Waals surface area contributed by atoms with E-state index in [1.807, 2.05) is 32.0 Å². The van der Waals surface area contributed by atoms with E-state index in [4.69, 9.17) is 0 Å². The summed E-state index contributed by atoms with van der Waals surface area (Å²) >= 11 is 0. The number of halogens is 1. The monoisotopic (exact) mass is 354 g/mol. The molecule has 5 heteroatoms. The number of nitrogens with zero attached hydrogens (tertiary/aromatic N) is 1. The van der Waals surface area contributed by atoms with Crippen LogP contribution in [0.2, 0.25) is 0 Å². The van der Waals surface area contributed by atoms with Gasteiger partial charge in [0.05, 0.1) is 5.92 Å². The summed E-state index contributed by atoms with van der Waals surface area (Å²) in [6, 6.07) is 12.1. The van der Waals surface area contributed by atoms with Crippen molar-refractivity contribution in [3.8, 4) is 0 Å². The Morgan fingerprint density at radius 2 is 1.92 bits per heavy atom. The van der Waals surface area contributed by atoms with E-state index in [1.165, 1.54) is 12.1 Å². The number of hydrogen-bond donors (Lipinski definition) is 1. The van der Waals surface area contributed by atoms with Crippen LogP contribution in [0.25, 0.3) is 0 Å². The zero-order chi connectivity index (χ0) is 18.7. The second-order valence-electron chi connectivity index (χ2n) is 6.85. The quantitative estimate of drug-likeness (QED) is 0.894. The molecule has 0 bridgehead atoms. The van der Waals surface area contributed by atoms with Gasteiger partial charge in [0, 0.05) is 25.2 Å². The zero-order valence-corrected chi connectivity index (χ0v) is 15.1. The molecule has 1 N–H and O–H groups in total. The maximum atomic E-state index is 13.0. The van der Waals surface area contributed by atoms with E-state index in [-0.39, 0.29) is 30.0 Å². The lowest BCUT2D eigenvalue weighted by atomic mass is 10.1. The van der Waals surface area contributed by atoms with Crippen molar-refractivity contribution in [2.75, 3.05) is 18.4 Å². The first-order chi connectivity index (χ1) is 12.4. The Kier molecular flexibility index (Phi) is 5.35. The lowest BCUT2D eigenvalue weighted by Gasteiger charge is -2.17. The second kappa shape index (κ2) is 7.68. The summed E-state index contributed by atoms with van der Waals surface area (Å²) in [6.07, 6.45) is 0.886. The Morgan fingerprint density at radius 3 is 2.65 bits per heavy atom. The lowest BCUT2D eigenvalue weighted by Crippen LogP contribution is -2.30. The van der Waals surface area contributed by atoms with E-state index in [9.17, 15) is 14.0 Å². The highest BCUT2D eigenvalue weighted by molar-refractivity contribution is 5.97. The Labute approximate surface area is 153 Å². The zero-order valence-electron chi connectivity index (χ0n) is 15.1. The molecule has 1 unspecified atom stereocenters. The van der Waals surface area contributed by atoms with Gasteiger partial charge in [-0.2, -0.15) is 0 Å². The van der Waals surface area contributed by atoms with Crippen molar-refractivity contribution in [1.29, 1.82) is 0 Å². The molecule has 1 saturated heterocycles. The van der Waals surface area contributed by atoms with Gasteiger partial charge in [0.15, 0.2) is 0 Å². The van der Waals surface area contributed by atoms with Crippen LogP contribution in [-0.2, 0) is 16.0 Å². The summed E-state index contributed by atoms with van der Waals surface area (Å²) < 4.78 is 13.0. The van der Waals surface area contributed by atoms with Crippen LogP contribution in [0.3, 0.4) is 0 Å². The Morgan fingerprint density at radius 1 is 1.19 bits per heavy atom. The normalized spacial score (nSPS) is 16.8. The van der Waals surface area contributed by atoms with Gasteiger partial charge in [0.2, 0.25) is 11.8 Å². The molecular formula is C21H23FN2O2. The van der Waals surface area contributed by atoms with E-state index < -0.39 is 0 Å². The van der Waals surface area contributed by atoms with Crippen molar-refractivity contribution >= 4 is 17.5 Å². The van der Waals surface area contributed by atoms with Crippen LogP contribution < -0.4 is 5.32 Å². The molecule has 0 aliphatic carbocycles. The molecule has 4 nitrogen and oxygen atoms in total. The van der Waals surface area contributed by atoms with E-state index in [0.29, 0.717) is 19.5 Å². The van der Waals surface area contributed by atoms with E-state index in [2.05, 4.69) is 5.32 Å². The molecular weight excluding hydrogens is 331 g/mol. The minimum Gasteiger partial charge on any atom is -0.342 e. The van der Waals surface area contributed by atoms with Crippen molar-refractivity contribution in [2.24, 2.45) is 5.92 Å². The van der Waals surface area contributed by atoms with Gasteiger partial charge in [0.25, 0.3) is 0 Å². The predicted molar refractivity (Wildman–Crippen MR) is 99.3 cm³/mol. The Balaban J connectivity index is 1.57. The number of nitrogens with one attached hydrogen (secondary N) is 1. The first-order valence-corrected chi connectivity index (χ1v) is 8.83. The molecule has 136 valence electrons. The number of carbonyl (C=O) groups excluding carboxylic acids is 2. The number of benzene rings is 2. The highest BCUT2D eigenvalue weighted by Gasteiger charge is 2.34. The second-order valence-corrected chi connectivity index (χ2v) is 6.85. The minimum absolute atomic E-state index is 0.00627. The minimum atomic E-state index is -0.337. The van der Waals surface area contributed by atoms with E-state index in [1.54, 1.807) is 17.0 Å². The largest absolute Gasteiger partial charge is 0.342 e. The van der Waals surface area contributed by atoms with Crippen molar-refractivity contribution in [3.05, 3.63) is 65.0 Å². The standard InChI is InChI=1S/C21H23FN2O2/c1-14-4-3-5-19(15(14)2)23-21(26)17-12-20(25)24(13-17)11-10-16-6-8-18(22)9-7-16/h3-9,17H,10-13H2,1-2H3,(H,23,26). The lowest BCUT2D eigenvalue weighted by molar-refractivity contribution is -0.128. The van der Waals surface area contributed by atoms with Gasteiger partial charge < -0.3 is 10.2 Å². The summed E-state index contributed by atoms with van der Waals surface area (Å²) in [7, 11) is 0. The van der Waals surface area contributed by atoms with Crippen molar-refractivity contribution in [1.82, 2.24) is 4.90 Å². The smallest absolute Gasteiger partial charge is 0.229 e. The van der Waals surface area contributed by atoms with Crippen molar-refractivity contribution < 1.29 is 14.0 Å². The molecule has 1 heterocycles. The molecule has 0 radical (unpaired) electrons. The third kappa shape index (κ3) is 4.10. The van der Waals surface area contributed by atoms with Crippen LogP contribution in [0.15, 0.2) is 42.5 Å². The Hall–Kier alpha value is -2.69. The third-order valence-corrected chi connectivity index (χ3v) is 5.03. The summed E-state index contributed by atoms with van der Waals surface area (Å²) in [5.74, 6) is -0.727. The predicted octanol–water partition coefficient (Wildman–Crippen LogP) is 3.47. The number of anilines is 1. The first-order valence-electron chi connectivity index (χ1n) is 8.83. The molecule has 0 spiro atoms. The first kappa shape index (κ1) is 18.1. The van der Waals surface area contributed by atoms with E-state index in [0.717, 1.165) is 22.4 Å². The van der Waals surface area contributed by atoms with Crippen molar-refractivity contribution in [3.63, 3.8) is 0 Å². The molecule has 1 aliphatic rings. The fourth-order valence-electron chi connectivity index (χ4n) is 3.20. The molecule has 0 aromatic heterocycles. The van der Waals surface area contributed by atoms with Gasteiger partial charge in [-0.1, -0.05) is 24.3 Å². The number of carbonyl (C=O) groups is 2. The van der Waals surface area contributed by atoms with Crippen LogP contribution >= 0.6 is 0 Å². The summed E-state index contributed by atoms with van der Waals surface area (Å²) in [5.41, 5.74) is 3.93. The van der Waals surface area contributed by atoms with Crippen LogP contribution in [0.1, 0.15) is 23.1 Å². The molecule has 26 heavy (non-hydrogen) atoms. The van der Waals surface area contributed by atoms with Gasteiger partial charge >= 0.3 is 0 Å². The Bertz CT molecular complexity index is 817. The van der Waals surface area contributed by atoms with Gasteiger partial charge in [-0.15, -0.1) is 0 Å². The van der Waals surface area contributed by atoms with Crippen LogP contribution in [-0.4, -0.2) is 29.8 Å². The third-order valence-electron chi connectivity index (χ3n) is 5.03. The highest BCUT2D eigenvalue weighted by atomic mass is 19.1. The fourth-order valence-corrected chi connectivity index (χ4v) is 3.20. The van der Waals surface area contributed by atoms with E-state index >= 15 is 0 Å². The molecule has 0 saturated carbocycles. The maximum absolute atomic E-state index is 13.0. The molecule has 1 fully saturated rings. The molecule has 3 rings (SSSR count).